The number of piperidine rings is 1. The summed E-state index contributed by atoms with van der Waals surface area (Å²) in [4.78, 5) is 26.7. The van der Waals surface area contributed by atoms with Crippen LogP contribution in [0.3, 0.4) is 0 Å². The van der Waals surface area contributed by atoms with Crippen LogP contribution in [0.1, 0.15) is 32.6 Å². The van der Waals surface area contributed by atoms with E-state index in [1.54, 1.807) is 4.90 Å². The second-order valence-electron chi connectivity index (χ2n) is 5.93. The standard InChI is InChI=1S/C14H26N2O3/c1-11(9-14(18)19)8-13(17)16(3)10-12-4-6-15(2)7-5-12/h11-12H,4-10H2,1-3H3,(H,18,19). The molecule has 1 N–H and O–H groups in total. The SMILES string of the molecule is CC(CC(=O)O)CC(=O)N(C)CC1CCN(C)CC1. The Morgan fingerprint density at radius 2 is 1.89 bits per heavy atom. The summed E-state index contributed by atoms with van der Waals surface area (Å²) in [6.07, 6.45) is 2.67. The molecular weight excluding hydrogens is 244 g/mol. The lowest BCUT2D eigenvalue weighted by Crippen LogP contribution is -2.38. The summed E-state index contributed by atoms with van der Waals surface area (Å²) in [6, 6.07) is 0. The number of carbonyl (C=O) groups excluding carboxylic acids is 1. The van der Waals surface area contributed by atoms with Crippen LogP contribution < -0.4 is 0 Å². The maximum Gasteiger partial charge on any atom is 0.303 e. The molecule has 1 aliphatic rings. The maximum absolute atomic E-state index is 12.0. The second kappa shape index (κ2) is 7.48. The van der Waals surface area contributed by atoms with E-state index in [1.165, 1.54) is 0 Å². The zero-order chi connectivity index (χ0) is 14.4. The minimum Gasteiger partial charge on any atom is -0.481 e. The third-order valence-corrected chi connectivity index (χ3v) is 3.84. The molecule has 0 saturated carbocycles. The highest BCUT2D eigenvalue weighted by Gasteiger charge is 2.21. The number of carbonyl (C=O) groups is 2. The van der Waals surface area contributed by atoms with Crippen molar-refractivity contribution in [3.63, 3.8) is 0 Å². The molecule has 0 bridgehead atoms. The third-order valence-electron chi connectivity index (χ3n) is 3.84. The summed E-state index contributed by atoms with van der Waals surface area (Å²) in [5.41, 5.74) is 0. The first-order chi connectivity index (χ1) is 8.88. The topological polar surface area (TPSA) is 60.9 Å². The smallest absolute Gasteiger partial charge is 0.303 e. The van der Waals surface area contributed by atoms with Crippen molar-refractivity contribution in [3.05, 3.63) is 0 Å². The van der Waals surface area contributed by atoms with E-state index in [0.29, 0.717) is 12.3 Å². The van der Waals surface area contributed by atoms with Crippen LogP contribution in [0.15, 0.2) is 0 Å². The summed E-state index contributed by atoms with van der Waals surface area (Å²) in [7, 11) is 3.95. The normalized spacial score (nSPS) is 19.1. The van der Waals surface area contributed by atoms with Crippen molar-refractivity contribution < 1.29 is 14.7 Å². The molecule has 1 fully saturated rings. The van der Waals surface area contributed by atoms with Gasteiger partial charge < -0.3 is 14.9 Å². The van der Waals surface area contributed by atoms with Gasteiger partial charge in [0.15, 0.2) is 0 Å². The minimum atomic E-state index is -0.835. The van der Waals surface area contributed by atoms with Gasteiger partial charge >= 0.3 is 5.97 Å². The van der Waals surface area contributed by atoms with Gasteiger partial charge in [0.05, 0.1) is 0 Å². The van der Waals surface area contributed by atoms with Gasteiger partial charge in [0.25, 0.3) is 0 Å². The Bertz CT molecular complexity index is 312. The molecule has 1 unspecified atom stereocenters. The molecule has 1 amide bonds. The summed E-state index contributed by atoms with van der Waals surface area (Å²) in [5, 5.41) is 8.69. The van der Waals surface area contributed by atoms with E-state index >= 15 is 0 Å². The highest BCUT2D eigenvalue weighted by Crippen LogP contribution is 2.18. The van der Waals surface area contributed by atoms with Crippen LogP contribution in [-0.4, -0.2) is 60.5 Å². The van der Waals surface area contributed by atoms with Crippen molar-refractivity contribution in [3.8, 4) is 0 Å². The van der Waals surface area contributed by atoms with Crippen LogP contribution in [0.5, 0.6) is 0 Å². The molecule has 0 aromatic rings. The van der Waals surface area contributed by atoms with Crippen molar-refractivity contribution in [2.45, 2.75) is 32.6 Å². The molecule has 0 aromatic heterocycles. The van der Waals surface area contributed by atoms with Gasteiger partial charge in [-0.25, -0.2) is 0 Å². The summed E-state index contributed by atoms with van der Waals surface area (Å²) in [6.45, 7) is 4.81. The number of carboxylic acids is 1. The summed E-state index contributed by atoms with van der Waals surface area (Å²) < 4.78 is 0. The number of aliphatic carboxylic acids is 1. The van der Waals surface area contributed by atoms with Crippen molar-refractivity contribution in [2.24, 2.45) is 11.8 Å². The molecule has 0 radical (unpaired) electrons. The Kier molecular flexibility index (Phi) is 6.28. The van der Waals surface area contributed by atoms with Gasteiger partial charge in [0, 0.05) is 26.4 Å². The summed E-state index contributed by atoms with van der Waals surface area (Å²) in [5.74, 6) is -0.282. The van der Waals surface area contributed by atoms with E-state index in [-0.39, 0.29) is 18.2 Å². The number of rotatable bonds is 6. The average Bonchev–Trinajstić information content (AvgIpc) is 2.30. The van der Waals surface area contributed by atoms with Crippen LogP contribution >= 0.6 is 0 Å². The van der Waals surface area contributed by atoms with Gasteiger partial charge in [-0.05, 0) is 44.8 Å². The van der Waals surface area contributed by atoms with Gasteiger partial charge in [0.1, 0.15) is 0 Å². The molecule has 1 rings (SSSR count). The highest BCUT2D eigenvalue weighted by atomic mass is 16.4. The molecule has 1 heterocycles. The fourth-order valence-electron chi connectivity index (χ4n) is 2.56. The number of nitrogens with zero attached hydrogens (tertiary/aromatic N) is 2. The number of hydrogen-bond acceptors (Lipinski definition) is 3. The largest absolute Gasteiger partial charge is 0.481 e. The number of likely N-dealkylation sites (tertiary alicyclic amines) is 1. The van der Waals surface area contributed by atoms with Crippen molar-refractivity contribution in [2.75, 3.05) is 33.7 Å². The van der Waals surface area contributed by atoms with Crippen LogP contribution in [0.2, 0.25) is 0 Å². The summed E-state index contributed by atoms with van der Waals surface area (Å²) >= 11 is 0. The minimum absolute atomic E-state index is 0.0627. The van der Waals surface area contributed by atoms with E-state index in [0.717, 1.165) is 32.5 Å². The van der Waals surface area contributed by atoms with E-state index in [4.69, 9.17) is 5.11 Å². The molecule has 0 spiro atoms. The zero-order valence-electron chi connectivity index (χ0n) is 12.3. The predicted molar refractivity (Wildman–Crippen MR) is 73.9 cm³/mol. The van der Waals surface area contributed by atoms with Gasteiger partial charge in [-0.2, -0.15) is 0 Å². The molecule has 5 nitrogen and oxygen atoms in total. The Morgan fingerprint density at radius 3 is 2.42 bits per heavy atom. The Morgan fingerprint density at radius 1 is 1.32 bits per heavy atom. The monoisotopic (exact) mass is 270 g/mol. The van der Waals surface area contributed by atoms with Crippen molar-refractivity contribution in [1.29, 1.82) is 0 Å². The van der Waals surface area contributed by atoms with Crippen molar-refractivity contribution >= 4 is 11.9 Å². The van der Waals surface area contributed by atoms with Crippen molar-refractivity contribution in [1.82, 2.24) is 9.80 Å². The molecule has 0 aromatic carbocycles. The Labute approximate surface area is 115 Å². The van der Waals surface area contributed by atoms with E-state index in [9.17, 15) is 9.59 Å². The first-order valence-corrected chi connectivity index (χ1v) is 7.02. The molecule has 1 atom stereocenters. The number of amides is 1. The van der Waals surface area contributed by atoms with E-state index in [2.05, 4.69) is 11.9 Å². The van der Waals surface area contributed by atoms with Gasteiger partial charge in [-0.15, -0.1) is 0 Å². The van der Waals surface area contributed by atoms with Gasteiger partial charge in [-0.3, -0.25) is 9.59 Å². The van der Waals surface area contributed by atoms with Gasteiger partial charge in [-0.1, -0.05) is 6.92 Å². The lowest BCUT2D eigenvalue weighted by atomic mass is 9.96. The molecule has 1 saturated heterocycles. The molecule has 19 heavy (non-hydrogen) atoms. The number of hydrogen-bond donors (Lipinski definition) is 1. The highest BCUT2D eigenvalue weighted by molar-refractivity contribution is 5.77. The van der Waals surface area contributed by atoms with Crippen LogP contribution in [0.4, 0.5) is 0 Å². The third kappa shape index (κ3) is 6.05. The zero-order valence-corrected chi connectivity index (χ0v) is 12.3. The fourth-order valence-corrected chi connectivity index (χ4v) is 2.56. The molecule has 110 valence electrons. The quantitative estimate of drug-likeness (QED) is 0.790. The second-order valence-corrected chi connectivity index (χ2v) is 5.93. The van der Waals surface area contributed by atoms with Crippen LogP contribution in [0.25, 0.3) is 0 Å². The Hall–Kier alpha value is -1.10. The van der Waals surface area contributed by atoms with Gasteiger partial charge in [0.2, 0.25) is 5.91 Å². The molecule has 0 aliphatic carbocycles. The molecular formula is C14H26N2O3. The average molecular weight is 270 g/mol. The lowest BCUT2D eigenvalue weighted by molar-refractivity contribution is -0.138. The first-order valence-electron chi connectivity index (χ1n) is 7.02. The van der Waals surface area contributed by atoms with E-state index < -0.39 is 5.97 Å². The van der Waals surface area contributed by atoms with E-state index in [1.807, 2.05) is 14.0 Å². The lowest BCUT2D eigenvalue weighted by Gasteiger charge is -2.32. The predicted octanol–water partition coefficient (Wildman–Crippen LogP) is 1.29. The number of carboxylic acid groups (broad SMARTS) is 1. The maximum atomic E-state index is 12.0. The van der Waals surface area contributed by atoms with Crippen LogP contribution in [-0.2, 0) is 9.59 Å². The first kappa shape index (κ1) is 16.0. The Balaban J connectivity index is 2.30. The molecule has 5 heteroatoms. The van der Waals surface area contributed by atoms with Crippen LogP contribution in [0, 0.1) is 11.8 Å². The fraction of sp³-hybridized carbons (Fsp3) is 0.857. The molecule has 1 aliphatic heterocycles.